The average molecular weight is 338 g/mol. The van der Waals surface area contributed by atoms with Crippen molar-refractivity contribution in [1.82, 2.24) is 0 Å². The quantitative estimate of drug-likeness (QED) is 0.380. The molecule has 1 nitrogen and oxygen atoms in total. The van der Waals surface area contributed by atoms with Crippen LogP contribution in [0.1, 0.15) is 34.3 Å². The van der Waals surface area contributed by atoms with Crippen molar-refractivity contribution >= 4 is 11.9 Å². The van der Waals surface area contributed by atoms with Crippen LogP contribution in [0, 0.1) is 0 Å². The smallest absolute Gasteiger partial charge is 0.189 e. The summed E-state index contributed by atoms with van der Waals surface area (Å²) >= 11 is 0. The molecule has 0 aliphatic carbocycles. The van der Waals surface area contributed by atoms with Gasteiger partial charge in [0.1, 0.15) is 0 Å². The van der Waals surface area contributed by atoms with E-state index in [0.717, 1.165) is 22.3 Å². The van der Waals surface area contributed by atoms with Gasteiger partial charge in [-0.2, -0.15) is 0 Å². The zero-order valence-corrected chi connectivity index (χ0v) is 14.9. The van der Waals surface area contributed by atoms with Crippen molar-refractivity contribution in [2.75, 3.05) is 0 Å². The Kier molecular flexibility index (Phi) is 5.95. The van der Waals surface area contributed by atoms with E-state index in [0.29, 0.717) is 0 Å². The molecule has 1 unspecified atom stereocenters. The number of carbonyl (C=O) groups is 1. The zero-order valence-electron chi connectivity index (χ0n) is 14.9. The Morgan fingerprint density at radius 1 is 0.769 bits per heavy atom. The molecule has 0 aliphatic heterocycles. The molecule has 0 N–H and O–H groups in total. The summed E-state index contributed by atoms with van der Waals surface area (Å²) in [6, 6.07) is 29.8. The third kappa shape index (κ3) is 4.25. The third-order valence-corrected chi connectivity index (χ3v) is 4.38. The van der Waals surface area contributed by atoms with Crippen molar-refractivity contribution in [2.45, 2.75) is 12.8 Å². The molecule has 1 atom stereocenters. The van der Waals surface area contributed by atoms with Gasteiger partial charge in [-0.05, 0) is 18.1 Å². The first-order valence-corrected chi connectivity index (χ1v) is 8.83. The second-order valence-corrected chi connectivity index (χ2v) is 6.10. The van der Waals surface area contributed by atoms with Crippen molar-refractivity contribution in [3.8, 4) is 0 Å². The lowest BCUT2D eigenvalue weighted by molar-refractivity contribution is 0.103. The summed E-state index contributed by atoms with van der Waals surface area (Å²) in [6.07, 6.45) is 6.13. The maximum absolute atomic E-state index is 13.1. The number of hydrogen-bond acceptors (Lipinski definition) is 1. The second-order valence-electron chi connectivity index (χ2n) is 6.10. The lowest BCUT2D eigenvalue weighted by Gasteiger charge is -2.17. The van der Waals surface area contributed by atoms with E-state index in [2.05, 4.69) is 36.4 Å². The molecule has 1 heteroatoms. The van der Waals surface area contributed by atoms with Crippen LogP contribution in [0.4, 0.5) is 0 Å². The minimum atomic E-state index is -0.0888. The van der Waals surface area contributed by atoms with E-state index in [4.69, 9.17) is 0 Å². The zero-order chi connectivity index (χ0) is 18.2. The fourth-order valence-electron chi connectivity index (χ4n) is 3.03. The van der Waals surface area contributed by atoms with Crippen molar-refractivity contribution in [3.05, 3.63) is 125 Å². The average Bonchev–Trinajstić information content (AvgIpc) is 2.72. The van der Waals surface area contributed by atoms with Gasteiger partial charge in [-0.3, -0.25) is 4.79 Å². The Labute approximate surface area is 155 Å². The van der Waals surface area contributed by atoms with Crippen LogP contribution in [0.25, 0.3) is 6.08 Å². The number of allylic oxidation sites excluding steroid dienone is 3. The molecule has 0 fully saturated rings. The van der Waals surface area contributed by atoms with Gasteiger partial charge in [-0.1, -0.05) is 109 Å². The predicted molar refractivity (Wildman–Crippen MR) is 109 cm³/mol. The fraction of sp³-hybridized carbons (Fsp3) is 0.0800. The number of rotatable bonds is 6. The molecule has 0 saturated heterocycles. The minimum absolute atomic E-state index is 0.0691. The van der Waals surface area contributed by atoms with E-state index >= 15 is 0 Å². The van der Waals surface area contributed by atoms with E-state index in [1.165, 1.54) is 0 Å². The van der Waals surface area contributed by atoms with Gasteiger partial charge < -0.3 is 0 Å². The standard InChI is InChI=1S/C25H22O/c1-2-23(25(26)22-16-10-5-11-17-22)24(21-14-8-4-9-15-21)19-18-20-12-6-3-7-13-20/h2-19,24H,1H3/b19-18+,23-2-. The Bertz CT molecular complexity index is 891. The van der Waals surface area contributed by atoms with Gasteiger partial charge in [0, 0.05) is 17.1 Å². The first kappa shape index (κ1) is 17.6. The van der Waals surface area contributed by atoms with Crippen LogP contribution < -0.4 is 0 Å². The highest BCUT2D eigenvalue weighted by Gasteiger charge is 2.20. The van der Waals surface area contributed by atoms with Gasteiger partial charge in [-0.25, -0.2) is 0 Å². The van der Waals surface area contributed by atoms with Gasteiger partial charge in [-0.15, -0.1) is 0 Å². The highest BCUT2D eigenvalue weighted by atomic mass is 16.1. The molecular weight excluding hydrogens is 316 g/mol. The van der Waals surface area contributed by atoms with Gasteiger partial charge in [0.15, 0.2) is 5.78 Å². The summed E-state index contributed by atoms with van der Waals surface area (Å²) in [7, 11) is 0. The largest absolute Gasteiger partial charge is 0.289 e. The number of hydrogen-bond donors (Lipinski definition) is 0. The van der Waals surface area contributed by atoms with Crippen molar-refractivity contribution < 1.29 is 4.79 Å². The highest BCUT2D eigenvalue weighted by Crippen LogP contribution is 2.29. The highest BCUT2D eigenvalue weighted by molar-refractivity contribution is 6.09. The Morgan fingerprint density at radius 2 is 1.31 bits per heavy atom. The monoisotopic (exact) mass is 338 g/mol. The Balaban J connectivity index is 1.99. The van der Waals surface area contributed by atoms with Crippen LogP contribution >= 0.6 is 0 Å². The van der Waals surface area contributed by atoms with E-state index < -0.39 is 0 Å². The molecule has 0 heterocycles. The first-order valence-electron chi connectivity index (χ1n) is 8.83. The van der Waals surface area contributed by atoms with E-state index in [1.54, 1.807) is 0 Å². The molecular formula is C25H22O. The van der Waals surface area contributed by atoms with Crippen LogP contribution in [0.15, 0.2) is 109 Å². The van der Waals surface area contributed by atoms with Gasteiger partial charge in [0.05, 0.1) is 0 Å². The Morgan fingerprint density at radius 3 is 1.88 bits per heavy atom. The summed E-state index contributed by atoms with van der Waals surface area (Å²) in [5.41, 5.74) is 3.73. The van der Waals surface area contributed by atoms with E-state index in [1.807, 2.05) is 79.7 Å². The molecule has 0 spiro atoms. The summed E-state index contributed by atoms with van der Waals surface area (Å²) in [4.78, 5) is 13.1. The minimum Gasteiger partial charge on any atom is -0.289 e. The van der Waals surface area contributed by atoms with Gasteiger partial charge in [0.25, 0.3) is 0 Å². The van der Waals surface area contributed by atoms with Crippen LogP contribution in [0.5, 0.6) is 0 Å². The maximum atomic E-state index is 13.1. The molecule has 0 radical (unpaired) electrons. The van der Waals surface area contributed by atoms with E-state index in [9.17, 15) is 4.79 Å². The number of carbonyl (C=O) groups excluding carboxylic acids is 1. The number of Topliss-reactive ketones (excluding diaryl/α,β-unsaturated/α-hetero) is 1. The van der Waals surface area contributed by atoms with Crippen molar-refractivity contribution in [1.29, 1.82) is 0 Å². The second kappa shape index (κ2) is 8.77. The van der Waals surface area contributed by atoms with Crippen molar-refractivity contribution in [2.24, 2.45) is 0 Å². The molecule has 0 amide bonds. The van der Waals surface area contributed by atoms with Gasteiger partial charge in [0.2, 0.25) is 0 Å². The number of ketones is 1. The topological polar surface area (TPSA) is 17.1 Å². The van der Waals surface area contributed by atoms with E-state index in [-0.39, 0.29) is 11.7 Å². The summed E-state index contributed by atoms with van der Waals surface area (Å²) in [6.45, 7) is 1.93. The molecule has 3 rings (SSSR count). The maximum Gasteiger partial charge on any atom is 0.189 e. The molecule has 26 heavy (non-hydrogen) atoms. The molecule has 0 bridgehead atoms. The summed E-state index contributed by atoms with van der Waals surface area (Å²) < 4.78 is 0. The molecule has 0 aliphatic rings. The Hall–Kier alpha value is -3.19. The van der Waals surface area contributed by atoms with Crippen LogP contribution in [0.3, 0.4) is 0 Å². The molecule has 3 aromatic rings. The van der Waals surface area contributed by atoms with Crippen LogP contribution in [-0.2, 0) is 0 Å². The molecule has 0 aromatic heterocycles. The molecule has 0 saturated carbocycles. The summed E-state index contributed by atoms with van der Waals surface area (Å²) in [5.74, 6) is -0.0197. The van der Waals surface area contributed by atoms with Crippen LogP contribution in [-0.4, -0.2) is 5.78 Å². The third-order valence-electron chi connectivity index (χ3n) is 4.38. The lowest BCUT2D eigenvalue weighted by atomic mass is 9.85. The van der Waals surface area contributed by atoms with Crippen LogP contribution in [0.2, 0.25) is 0 Å². The molecule has 128 valence electrons. The summed E-state index contributed by atoms with van der Waals surface area (Å²) in [5, 5.41) is 0. The SMILES string of the molecule is C/C=C(\C(=O)c1ccccc1)C(/C=C/c1ccccc1)c1ccccc1. The fourth-order valence-corrected chi connectivity index (χ4v) is 3.03. The van der Waals surface area contributed by atoms with Crippen molar-refractivity contribution in [3.63, 3.8) is 0 Å². The van der Waals surface area contributed by atoms with Gasteiger partial charge >= 0.3 is 0 Å². The normalized spacial score (nSPS) is 12.9. The first-order chi connectivity index (χ1) is 12.8. The predicted octanol–water partition coefficient (Wildman–Crippen LogP) is 6.31. The molecule has 3 aromatic carbocycles. The lowest BCUT2D eigenvalue weighted by Crippen LogP contribution is -2.11. The number of benzene rings is 3.